The summed E-state index contributed by atoms with van der Waals surface area (Å²) >= 11 is 0. The molecule has 2 rings (SSSR count). The third kappa shape index (κ3) is 3.35. The molecule has 0 bridgehead atoms. The Hall–Kier alpha value is -2.36. The van der Waals surface area contributed by atoms with E-state index in [-0.39, 0.29) is 0 Å². The lowest BCUT2D eigenvalue weighted by Gasteiger charge is -2.12. The number of ether oxygens (including phenoxy) is 3. The molecular weight excluding hydrogens is 254 g/mol. The highest BCUT2D eigenvalue weighted by Crippen LogP contribution is 2.27. The highest BCUT2D eigenvalue weighted by Gasteiger charge is 2.04. The number of anilines is 1. The number of hydrogen-bond donors (Lipinski definition) is 1. The van der Waals surface area contributed by atoms with Crippen molar-refractivity contribution in [3.63, 3.8) is 0 Å². The van der Waals surface area contributed by atoms with Crippen molar-refractivity contribution in [1.82, 2.24) is 0 Å². The van der Waals surface area contributed by atoms with Gasteiger partial charge in [0.25, 0.3) is 0 Å². The molecule has 0 heterocycles. The van der Waals surface area contributed by atoms with E-state index in [9.17, 15) is 0 Å². The van der Waals surface area contributed by atoms with Gasteiger partial charge in [0, 0.05) is 36.0 Å². The fourth-order valence-corrected chi connectivity index (χ4v) is 1.96. The first-order valence-corrected chi connectivity index (χ1v) is 6.35. The van der Waals surface area contributed by atoms with E-state index in [1.165, 1.54) is 0 Å². The Morgan fingerprint density at radius 3 is 2.10 bits per heavy atom. The van der Waals surface area contributed by atoms with Crippen molar-refractivity contribution in [2.45, 2.75) is 6.54 Å². The van der Waals surface area contributed by atoms with Gasteiger partial charge < -0.3 is 19.5 Å². The lowest BCUT2D eigenvalue weighted by Crippen LogP contribution is -2.02. The van der Waals surface area contributed by atoms with Crippen LogP contribution in [0, 0.1) is 0 Å². The zero-order valence-electron chi connectivity index (χ0n) is 12.0. The number of benzene rings is 2. The number of methoxy groups -OCH3 is 3. The Labute approximate surface area is 119 Å². The first-order chi connectivity index (χ1) is 9.76. The number of hydrogen-bond acceptors (Lipinski definition) is 4. The molecule has 0 unspecified atom stereocenters. The first-order valence-electron chi connectivity index (χ1n) is 6.35. The SMILES string of the molecule is COc1cc(NCc2ccccc2OC)cc(OC)c1. The molecule has 106 valence electrons. The van der Waals surface area contributed by atoms with Crippen LogP contribution in [0.15, 0.2) is 42.5 Å². The summed E-state index contributed by atoms with van der Waals surface area (Å²) < 4.78 is 15.8. The average molecular weight is 273 g/mol. The van der Waals surface area contributed by atoms with Crippen LogP contribution in [0.4, 0.5) is 5.69 Å². The summed E-state index contributed by atoms with van der Waals surface area (Å²) in [6.07, 6.45) is 0. The van der Waals surface area contributed by atoms with Crippen molar-refractivity contribution in [3.8, 4) is 17.2 Å². The quantitative estimate of drug-likeness (QED) is 0.876. The molecule has 2 aromatic carbocycles. The molecular formula is C16H19NO3. The van der Waals surface area contributed by atoms with Gasteiger partial charge in [-0.05, 0) is 6.07 Å². The maximum Gasteiger partial charge on any atom is 0.124 e. The van der Waals surface area contributed by atoms with Gasteiger partial charge in [0.1, 0.15) is 17.2 Å². The summed E-state index contributed by atoms with van der Waals surface area (Å²) in [6, 6.07) is 13.6. The van der Waals surface area contributed by atoms with E-state index in [1.807, 2.05) is 42.5 Å². The molecule has 0 saturated heterocycles. The zero-order valence-corrected chi connectivity index (χ0v) is 12.0. The lowest BCUT2D eigenvalue weighted by molar-refractivity contribution is 0.394. The third-order valence-corrected chi connectivity index (χ3v) is 3.03. The van der Waals surface area contributed by atoms with E-state index >= 15 is 0 Å². The molecule has 4 nitrogen and oxygen atoms in total. The van der Waals surface area contributed by atoms with E-state index < -0.39 is 0 Å². The van der Waals surface area contributed by atoms with Crippen molar-refractivity contribution >= 4 is 5.69 Å². The van der Waals surface area contributed by atoms with E-state index in [0.717, 1.165) is 28.5 Å². The van der Waals surface area contributed by atoms with Crippen LogP contribution in [0.5, 0.6) is 17.2 Å². The second-order valence-electron chi connectivity index (χ2n) is 4.27. The van der Waals surface area contributed by atoms with Crippen molar-refractivity contribution in [3.05, 3.63) is 48.0 Å². The van der Waals surface area contributed by atoms with E-state index in [4.69, 9.17) is 14.2 Å². The zero-order chi connectivity index (χ0) is 14.4. The van der Waals surface area contributed by atoms with Gasteiger partial charge >= 0.3 is 0 Å². The number of nitrogens with one attached hydrogen (secondary N) is 1. The van der Waals surface area contributed by atoms with Gasteiger partial charge in [-0.25, -0.2) is 0 Å². The average Bonchev–Trinajstić information content (AvgIpc) is 2.52. The van der Waals surface area contributed by atoms with Crippen molar-refractivity contribution < 1.29 is 14.2 Å². The van der Waals surface area contributed by atoms with Crippen molar-refractivity contribution in [2.75, 3.05) is 26.6 Å². The van der Waals surface area contributed by atoms with Crippen molar-refractivity contribution in [1.29, 1.82) is 0 Å². The number of rotatable bonds is 6. The monoisotopic (exact) mass is 273 g/mol. The summed E-state index contributed by atoms with van der Waals surface area (Å²) in [6.45, 7) is 0.667. The van der Waals surface area contributed by atoms with Crippen LogP contribution < -0.4 is 19.5 Å². The first kappa shape index (κ1) is 14.1. The van der Waals surface area contributed by atoms with Crippen LogP contribution in [0.25, 0.3) is 0 Å². The highest BCUT2D eigenvalue weighted by atomic mass is 16.5. The minimum atomic E-state index is 0.667. The Morgan fingerprint density at radius 2 is 1.50 bits per heavy atom. The maximum absolute atomic E-state index is 5.33. The molecule has 0 aliphatic heterocycles. The Kier molecular flexibility index (Phi) is 4.71. The molecule has 2 aromatic rings. The van der Waals surface area contributed by atoms with Gasteiger partial charge in [-0.2, -0.15) is 0 Å². The van der Waals surface area contributed by atoms with Gasteiger partial charge in [0.2, 0.25) is 0 Å². The molecule has 0 radical (unpaired) electrons. The lowest BCUT2D eigenvalue weighted by atomic mass is 10.2. The molecule has 20 heavy (non-hydrogen) atoms. The fourth-order valence-electron chi connectivity index (χ4n) is 1.96. The maximum atomic E-state index is 5.33. The second kappa shape index (κ2) is 6.70. The normalized spacial score (nSPS) is 9.95. The molecule has 0 amide bonds. The third-order valence-electron chi connectivity index (χ3n) is 3.03. The van der Waals surface area contributed by atoms with Crippen LogP contribution in [0.2, 0.25) is 0 Å². The predicted molar refractivity (Wildman–Crippen MR) is 79.9 cm³/mol. The van der Waals surface area contributed by atoms with Crippen LogP contribution in [-0.4, -0.2) is 21.3 Å². The fraction of sp³-hybridized carbons (Fsp3) is 0.250. The van der Waals surface area contributed by atoms with Crippen molar-refractivity contribution in [2.24, 2.45) is 0 Å². The molecule has 0 atom stereocenters. The van der Waals surface area contributed by atoms with Crippen LogP contribution in [-0.2, 0) is 6.54 Å². The summed E-state index contributed by atoms with van der Waals surface area (Å²) in [4.78, 5) is 0. The molecule has 0 aromatic heterocycles. The summed E-state index contributed by atoms with van der Waals surface area (Å²) in [5.74, 6) is 2.38. The standard InChI is InChI=1S/C16H19NO3/c1-18-14-8-13(9-15(10-14)19-2)17-11-12-6-4-5-7-16(12)20-3/h4-10,17H,11H2,1-3H3. The molecule has 1 N–H and O–H groups in total. The van der Waals surface area contributed by atoms with E-state index in [0.29, 0.717) is 6.54 Å². The minimum Gasteiger partial charge on any atom is -0.497 e. The molecule has 0 fully saturated rings. The second-order valence-corrected chi connectivity index (χ2v) is 4.27. The molecule has 0 spiro atoms. The topological polar surface area (TPSA) is 39.7 Å². The largest absolute Gasteiger partial charge is 0.497 e. The summed E-state index contributed by atoms with van der Waals surface area (Å²) in [5.41, 5.74) is 2.03. The van der Waals surface area contributed by atoms with Gasteiger partial charge in [0.15, 0.2) is 0 Å². The van der Waals surface area contributed by atoms with Gasteiger partial charge in [-0.3, -0.25) is 0 Å². The Morgan fingerprint density at radius 1 is 0.850 bits per heavy atom. The molecule has 0 aliphatic rings. The summed E-state index contributed by atoms with van der Waals surface area (Å²) in [5, 5.41) is 3.35. The number of para-hydroxylation sites is 1. The predicted octanol–water partition coefficient (Wildman–Crippen LogP) is 3.32. The Balaban J connectivity index is 2.14. The van der Waals surface area contributed by atoms with Crippen LogP contribution in [0.3, 0.4) is 0 Å². The van der Waals surface area contributed by atoms with Gasteiger partial charge in [-0.15, -0.1) is 0 Å². The highest BCUT2D eigenvalue weighted by molar-refractivity contribution is 5.54. The van der Waals surface area contributed by atoms with Gasteiger partial charge in [-0.1, -0.05) is 18.2 Å². The van der Waals surface area contributed by atoms with Crippen LogP contribution >= 0.6 is 0 Å². The van der Waals surface area contributed by atoms with E-state index in [2.05, 4.69) is 5.32 Å². The smallest absolute Gasteiger partial charge is 0.124 e. The Bertz CT molecular complexity index is 547. The minimum absolute atomic E-state index is 0.667. The van der Waals surface area contributed by atoms with E-state index in [1.54, 1.807) is 21.3 Å². The molecule has 4 heteroatoms. The molecule has 0 aliphatic carbocycles. The summed E-state index contributed by atoms with van der Waals surface area (Å²) in [7, 11) is 4.95. The van der Waals surface area contributed by atoms with Gasteiger partial charge in [0.05, 0.1) is 21.3 Å². The van der Waals surface area contributed by atoms with Crippen LogP contribution in [0.1, 0.15) is 5.56 Å². The molecule has 0 saturated carbocycles.